The quantitative estimate of drug-likeness (QED) is 0.359. The molecule has 1 heterocycles. The van der Waals surface area contributed by atoms with Crippen molar-refractivity contribution in [3.05, 3.63) is 94.0 Å². The van der Waals surface area contributed by atoms with Crippen molar-refractivity contribution in [2.75, 3.05) is 19.6 Å². The van der Waals surface area contributed by atoms with E-state index in [1.807, 2.05) is 0 Å². The molecule has 3 aromatic rings. The lowest BCUT2D eigenvalue weighted by Gasteiger charge is -2.25. The Balaban J connectivity index is 1.45. The average molecular weight is 611 g/mol. The molecule has 0 radical (unpaired) electrons. The minimum absolute atomic E-state index is 0.00254. The molecule has 1 aliphatic heterocycles. The van der Waals surface area contributed by atoms with Crippen LogP contribution in [0.3, 0.4) is 0 Å². The van der Waals surface area contributed by atoms with Gasteiger partial charge in [0, 0.05) is 36.2 Å². The Morgan fingerprint density at radius 3 is 2.08 bits per heavy atom. The van der Waals surface area contributed by atoms with E-state index in [-0.39, 0.29) is 22.9 Å². The molecule has 4 rings (SSSR count). The molecule has 1 amide bonds. The third-order valence-electron chi connectivity index (χ3n) is 6.44. The van der Waals surface area contributed by atoms with Crippen LogP contribution in [-0.4, -0.2) is 51.0 Å². The van der Waals surface area contributed by atoms with Crippen molar-refractivity contribution >= 4 is 49.2 Å². The fraction of sp³-hybridized carbons (Fsp3) is 0.296. The maximum Gasteiger partial charge on any atom is 0.243 e. The molecule has 1 aliphatic rings. The number of benzene rings is 3. The van der Waals surface area contributed by atoms with Crippen molar-refractivity contribution < 1.29 is 21.6 Å². The standard InChI is InChI=1S/C27H29Cl2N3O5S2/c28-23-10-14-25(15-11-23)39(36,37)32(19-22-6-2-3-7-26(22)29)20-27(33)30-18-21-8-12-24(13-9-21)38(34,35)31-16-4-1-5-17-31/h2-3,6-15H,1,4-5,16-20H2,(H,30,33). The first-order valence-electron chi connectivity index (χ1n) is 12.4. The van der Waals surface area contributed by atoms with Gasteiger partial charge in [0.2, 0.25) is 26.0 Å². The number of rotatable bonds is 10. The van der Waals surface area contributed by atoms with E-state index in [4.69, 9.17) is 23.2 Å². The molecular weight excluding hydrogens is 581 g/mol. The zero-order chi connectivity index (χ0) is 28.0. The van der Waals surface area contributed by atoms with E-state index in [0.717, 1.165) is 23.6 Å². The maximum atomic E-state index is 13.4. The van der Waals surface area contributed by atoms with Gasteiger partial charge < -0.3 is 5.32 Å². The van der Waals surface area contributed by atoms with Crippen LogP contribution >= 0.6 is 23.2 Å². The summed E-state index contributed by atoms with van der Waals surface area (Å²) in [6, 6.07) is 18.9. The van der Waals surface area contributed by atoms with Crippen LogP contribution in [0.4, 0.5) is 0 Å². The van der Waals surface area contributed by atoms with Crippen LogP contribution in [0.1, 0.15) is 30.4 Å². The molecule has 39 heavy (non-hydrogen) atoms. The molecule has 0 bridgehead atoms. The number of nitrogens with zero attached hydrogens (tertiary/aromatic N) is 2. The second-order valence-electron chi connectivity index (χ2n) is 9.20. The number of carbonyl (C=O) groups excluding carboxylic acids is 1. The highest BCUT2D eigenvalue weighted by molar-refractivity contribution is 7.89. The van der Waals surface area contributed by atoms with Gasteiger partial charge in [0.25, 0.3) is 0 Å². The SMILES string of the molecule is O=C(CN(Cc1ccccc1Cl)S(=O)(=O)c1ccc(Cl)cc1)NCc1ccc(S(=O)(=O)N2CCCCC2)cc1. The second-order valence-corrected chi connectivity index (χ2v) is 13.9. The Labute approximate surface area is 239 Å². The van der Waals surface area contributed by atoms with Crippen LogP contribution in [0.15, 0.2) is 82.6 Å². The molecule has 0 atom stereocenters. The third kappa shape index (κ3) is 7.39. The number of carbonyl (C=O) groups is 1. The normalized spacial score (nSPS) is 14.8. The third-order valence-corrected chi connectivity index (χ3v) is 10.8. The van der Waals surface area contributed by atoms with Crippen molar-refractivity contribution in [1.82, 2.24) is 13.9 Å². The fourth-order valence-corrected chi connectivity index (χ4v) is 7.46. The lowest BCUT2D eigenvalue weighted by atomic mass is 10.2. The van der Waals surface area contributed by atoms with Gasteiger partial charge in [-0.1, -0.05) is 60.0 Å². The molecule has 0 unspecified atom stereocenters. The summed E-state index contributed by atoms with van der Waals surface area (Å²) in [5.41, 5.74) is 1.23. The first-order valence-corrected chi connectivity index (χ1v) is 16.1. The van der Waals surface area contributed by atoms with E-state index in [1.165, 1.54) is 40.7 Å². The fourth-order valence-electron chi connectivity index (χ4n) is 4.25. The average Bonchev–Trinajstić information content (AvgIpc) is 2.93. The van der Waals surface area contributed by atoms with Gasteiger partial charge in [0.15, 0.2) is 0 Å². The zero-order valence-corrected chi connectivity index (χ0v) is 24.2. The summed E-state index contributed by atoms with van der Waals surface area (Å²) < 4.78 is 55.2. The van der Waals surface area contributed by atoms with Gasteiger partial charge in [0.05, 0.1) is 16.3 Å². The molecule has 1 N–H and O–H groups in total. The number of halogens is 2. The Kier molecular flexibility index (Phi) is 9.69. The second kappa shape index (κ2) is 12.8. The lowest BCUT2D eigenvalue weighted by Crippen LogP contribution is -2.40. The van der Waals surface area contributed by atoms with Gasteiger partial charge in [-0.15, -0.1) is 0 Å². The van der Waals surface area contributed by atoms with Crippen LogP contribution in [0.25, 0.3) is 0 Å². The summed E-state index contributed by atoms with van der Waals surface area (Å²) >= 11 is 12.2. The monoisotopic (exact) mass is 609 g/mol. The zero-order valence-electron chi connectivity index (χ0n) is 21.1. The van der Waals surface area contributed by atoms with Gasteiger partial charge in [-0.05, 0) is 66.4 Å². The number of hydrogen-bond donors (Lipinski definition) is 1. The first kappa shape index (κ1) is 29.5. The van der Waals surface area contributed by atoms with E-state index in [9.17, 15) is 21.6 Å². The molecule has 1 fully saturated rings. The van der Waals surface area contributed by atoms with Crippen LogP contribution in [0.5, 0.6) is 0 Å². The molecule has 208 valence electrons. The Bertz CT molecular complexity index is 1510. The first-order chi connectivity index (χ1) is 18.6. The van der Waals surface area contributed by atoms with E-state index in [0.29, 0.717) is 34.3 Å². The highest BCUT2D eigenvalue weighted by Gasteiger charge is 2.28. The summed E-state index contributed by atoms with van der Waals surface area (Å²) in [6.07, 6.45) is 2.73. The van der Waals surface area contributed by atoms with Gasteiger partial charge in [0.1, 0.15) is 0 Å². The molecule has 8 nitrogen and oxygen atoms in total. The summed E-state index contributed by atoms with van der Waals surface area (Å²) in [4.78, 5) is 13.1. The van der Waals surface area contributed by atoms with Crippen LogP contribution in [-0.2, 0) is 37.9 Å². The Morgan fingerprint density at radius 1 is 0.821 bits per heavy atom. The Morgan fingerprint density at radius 2 is 1.44 bits per heavy atom. The number of sulfonamides is 2. The van der Waals surface area contributed by atoms with Crippen molar-refractivity contribution in [2.24, 2.45) is 0 Å². The topological polar surface area (TPSA) is 104 Å². The van der Waals surface area contributed by atoms with Crippen LogP contribution in [0.2, 0.25) is 10.0 Å². The highest BCUT2D eigenvalue weighted by Crippen LogP contribution is 2.24. The van der Waals surface area contributed by atoms with Crippen molar-refractivity contribution in [1.29, 1.82) is 0 Å². The predicted octanol–water partition coefficient (Wildman–Crippen LogP) is 4.68. The molecule has 12 heteroatoms. The van der Waals surface area contributed by atoms with Crippen LogP contribution in [0, 0.1) is 0 Å². The summed E-state index contributed by atoms with van der Waals surface area (Å²) in [5.74, 6) is -0.524. The molecule has 1 saturated heterocycles. The largest absolute Gasteiger partial charge is 0.351 e. The van der Waals surface area contributed by atoms with E-state index < -0.39 is 32.5 Å². The minimum atomic E-state index is -4.06. The van der Waals surface area contributed by atoms with E-state index in [2.05, 4.69) is 5.32 Å². The number of piperidine rings is 1. The lowest BCUT2D eigenvalue weighted by molar-refractivity contribution is -0.121. The van der Waals surface area contributed by atoms with Crippen LogP contribution < -0.4 is 5.32 Å². The molecule has 0 spiro atoms. The smallest absolute Gasteiger partial charge is 0.243 e. The summed E-state index contributed by atoms with van der Waals surface area (Å²) in [7, 11) is -7.61. The van der Waals surface area contributed by atoms with Gasteiger partial charge in [-0.3, -0.25) is 4.79 Å². The van der Waals surface area contributed by atoms with Crippen molar-refractivity contribution in [3.63, 3.8) is 0 Å². The maximum absolute atomic E-state index is 13.4. The number of hydrogen-bond acceptors (Lipinski definition) is 5. The molecule has 0 saturated carbocycles. The summed E-state index contributed by atoms with van der Waals surface area (Å²) in [5, 5.41) is 3.50. The van der Waals surface area contributed by atoms with Gasteiger partial charge in [-0.25, -0.2) is 16.8 Å². The van der Waals surface area contributed by atoms with Gasteiger partial charge >= 0.3 is 0 Å². The van der Waals surface area contributed by atoms with Crippen molar-refractivity contribution in [2.45, 2.75) is 42.1 Å². The van der Waals surface area contributed by atoms with Gasteiger partial charge in [-0.2, -0.15) is 8.61 Å². The number of nitrogens with one attached hydrogen (secondary N) is 1. The minimum Gasteiger partial charge on any atom is -0.351 e. The predicted molar refractivity (Wildman–Crippen MR) is 151 cm³/mol. The molecule has 0 aliphatic carbocycles. The molecule has 3 aromatic carbocycles. The van der Waals surface area contributed by atoms with Crippen molar-refractivity contribution in [3.8, 4) is 0 Å². The molecular formula is C27H29Cl2N3O5S2. The number of amides is 1. The van der Waals surface area contributed by atoms with E-state index >= 15 is 0 Å². The van der Waals surface area contributed by atoms with E-state index in [1.54, 1.807) is 36.4 Å². The summed E-state index contributed by atoms with van der Waals surface area (Å²) in [6.45, 7) is 0.579. The Hall–Kier alpha value is -2.47. The molecule has 0 aromatic heterocycles. The highest BCUT2D eigenvalue weighted by atomic mass is 35.5.